The van der Waals surface area contributed by atoms with Crippen LogP contribution in [0.5, 0.6) is 0 Å². The Morgan fingerprint density at radius 3 is 3.05 bits per heavy atom. The van der Waals surface area contributed by atoms with E-state index in [9.17, 15) is 4.39 Å². The molecule has 1 atom stereocenters. The van der Waals surface area contributed by atoms with E-state index in [2.05, 4.69) is 23.7 Å². The number of nitrogens with zero attached hydrogens (tertiary/aromatic N) is 2. The van der Waals surface area contributed by atoms with Gasteiger partial charge >= 0.3 is 0 Å². The van der Waals surface area contributed by atoms with E-state index >= 15 is 0 Å². The summed E-state index contributed by atoms with van der Waals surface area (Å²) in [4.78, 5) is 4.72. The van der Waals surface area contributed by atoms with Crippen molar-refractivity contribution in [1.29, 1.82) is 0 Å². The smallest absolute Gasteiger partial charge is 0.125 e. The van der Waals surface area contributed by atoms with Crippen molar-refractivity contribution in [3.05, 3.63) is 29.8 Å². The molecule has 0 spiro atoms. The number of hydrogen-bond acceptors (Lipinski definition) is 3. The van der Waals surface area contributed by atoms with Gasteiger partial charge in [-0.3, -0.25) is 0 Å². The highest BCUT2D eigenvalue weighted by molar-refractivity contribution is 7.99. The van der Waals surface area contributed by atoms with Crippen LogP contribution in [0.1, 0.15) is 25.7 Å². The van der Waals surface area contributed by atoms with Crippen LogP contribution >= 0.6 is 11.8 Å². The normalized spacial score (nSPS) is 19.9. The molecule has 1 aliphatic heterocycles. The standard InChI is InChI=1S/C15H20FN3S/c1-10(2)19-14-7-11(16)3-4-13(14)18-15(19)8-12-9-20-6-5-17-12/h3-4,7,10,12,17H,5-6,8-9H2,1-2H3. The van der Waals surface area contributed by atoms with Gasteiger partial charge in [0.15, 0.2) is 0 Å². The molecule has 1 fully saturated rings. The third-order valence-electron chi connectivity index (χ3n) is 3.67. The summed E-state index contributed by atoms with van der Waals surface area (Å²) < 4.78 is 15.7. The van der Waals surface area contributed by atoms with E-state index in [1.807, 2.05) is 11.8 Å². The highest BCUT2D eigenvalue weighted by Gasteiger charge is 2.19. The van der Waals surface area contributed by atoms with E-state index in [-0.39, 0.29) is 11.9 Å². The minimum absolute atomic E-state index is 0.197. The second kappa shape index (κ2) is 5.74. The van der Waals surface area contributed by atoms with Crippen LogP contribution in [0.15, 0.2) is 18.2 Å². The summed E-state index contributed by atoms with van der Waals surface area (Å²) in [6.07, 6.45) is 0.904. The molecule has 0 amide bonds. The van der Waals surface area contributed by atoms with E-state index < -0.39 is 0 Å². The van der Waals surface area contributed by atoms with Gasteiger partial charge in [0.2, 0.25) is 0 Å². The maximum Gasteiger partial charge on any atom is 0.125 e. The molecule has 0 aliphatic carbocycles. The Bertz CT molecular complexity index is 602. The van der Waals surface area contributed by atoms with Crippen molar-refractivity contribution < 1.29 is 4.39 Å². The summed E-state index contributed by atoms with van der Waals surface area (Å²) >= 11 is 1.99. The Hall–Kier alpha value is -1.07. The second-order valence-electron chi connectivity index (χ2n) is 5.55. The molecule has 108 valence electrons. The van der Waals surface area contributed by atoms with Gasteiger partial charge in [0.1, 0.15) is 11.6 Å². The Morgan fingerprint density at radius 1 is 1.50 bits per heavy atom. The number of halogens is 1. The number of rotatable bonds is 3. The van der Waals surface area contributed by atoms with Crippen LogP contribution in [0.3, 0.4) is 0 Å². The second-order valence-corrected chi connectivity index (χ2v) is 6.70. The van der Waals surface area contributed by atoms with Crippen LogP contribution < -0.4 is 5.32 Å². The van der Waals surface area contributed by atoms with Crippen molar-refractivity contribution >= 4 is 22.8 Å². The van der Waals surface area contributed by atoms with Crippen LogP contribution in [0.25, 0.3) is 11.0 Å². The fraction of sp³-hybridized carbons (Fsp3) is 0.533. The zero-order valence-corrected chi connectivity index (χ0v) is 12.7. The van der Waals surface area contributed by atoms with Gasteiger partial charge in [-0.2, -0.15) is 11.8 Å². The summed E-state index contributed by atoms with van der Waals surface area (Å²) in [5.74, 6) is 3.16. The van der Waals surface area contributed by atoms with Crippen molar-refractivity contribution in [2.24, 2.45) is 0 Å². The lowest BCUT2D eigenvalue weighted by atomic mass is 10.2. The maximum absolute atomic E-state index is 13.5. The largest absolute Gasteiger partial charge is 0.325 e. The summed E-state index contributed by atoms with van der Waals surface area (Å²) in [5.41, 5.74) is 1.79. The molecule has 20 heavy (non-hydrogen) atoms. The van der Waals surface area contributed by atoms with Crippen LogP contribution in [0.4, 0.5) is 4.39 Å². The first-order valence-electron chi connectivity index (χ1n) is 7.12. The fourth-order valence-corrected chi connectivity index (χ4v) is 3.76. The first-order valence-corrected chi connectivity index (χ1v) is 8.28. The summed E-state index contributed by atoms with van der Waals surface area (Å²) in [7, 11) is 0. The topological polar surface area (TPSA) is 29.9 Å². The van der Waals surface area contributed by atoms with E-state index in [4.69, 9.17) is 4.98 Å². The molecule has 1 aromatic heterocycles. The summed E-state index contributed by atoms with van der Waals surface area (Å²) in [5, 5.41) is 3.54. The molecule has 1 aromatic carbocycles. The molecule has 0 bridgehead atoms. The molecule has 1 unspecified atom stereocenters. The highest BCUT2D eigenvalue weighted by atomic mass is 32.2. The SMILES string of the molecule is CC(C)n1c(CC2CSCCN2)nc2ccc(F)cc21. The zero-order valence-electron chi connectivity index (χ0n) is 11.9. The molecule has 5 heteroatoms. The molecule has 2 heterocycles. The van der Waals surface area contributed by atoms with Gasteiger partial charge < -0.3 is 9.88 Å². The fourth-order valence-electron chi connectivity index (χ4n) is 2.81. The van der Waals surface area contributed by atoms with Crippen LogP contribution in [0, 0.1) is 5.82 Å². The van der Waals surface area contributed by atoms with E-state index in [0.717, 1.165) is 35.6 Å². The van der Waals surface area contributed by atoms with Crippen molar-refractivity contribution in [3.8, 4) is 0 Å². The lowest BCUT2D eigenvalue weighted by Crippen LogP contribution is -2.39. The van der Waals surface area contributed by atoms with Crippen molar-refractivity contribution in [3.63, 3.8) is 0 Å². The van der Waals surface area contributed by atoms with Crippen LogP contribution in [-0.4, -0.2) is 33.6 Å². The Morgan fingerprint density at radius 2 is 2.35 bits per heavy atom. The van der Waals surface area contributed by atoms with Crippen LogP contribution in [0.2, 0.25) is 0 Å². The monoisotopic (exact) mass is 293 g/mol. The molecule has 0 saturated carbocycles. The molecule has 3 nitrogen and oxygen atoms in total. The molecular weight excluding hydrogens is 273 g/mol. The van der Waals surface area contributed by atoms with Crippen molar-refractivity contribution in [2.75, 3.05) is 18.1 Å². The summed E-state index contributed by atoms with van der Waals surface area (Å²) in [6.45, 7) is 5.31. The van der Waals surface area contributed by atoms with Gasteiger partial charge in [-0.15, -0.1) is 0 Å². The maximum atomic E-state index is 13.5. The lowest BCUT2D eigenvalue weighted by molar-refractivity contribution is 0.514. The quantitative estimate of drug-likeness (QED) is 0.943. The molecule has 0 radical (unpaired) electrons. The lowest BCUT2D eigenvalue weighted by Gasteiger charge is -2.23. The van der Waals surface area contributed by atoms with E-state index in [1.165, 1.54) is 11.8 Å². The minimum Gasteiger partial charge on any atom is -0.325 e. The first kappa shape index (κ1) is 13.9. The molecule has 1 N–H and O–H groups in total. The van der Waals surface area contributed by atoms with E-state index in [0.29, 0.717) is 6.04 Å². The Balaban J connectivity index is 1.98. The predicted molar refractivity (Wildman–Crippen MR) is 82.9 cm³/mol. The van der Waals surface area contributed by atoms with Gasteiger partial charge in [0.05, 0.1) is 11.0 Å². The highest BCUT2D eigenvalue weighted by Crippen LogP contribution is 2.23. The van der Waals surface area contributed by atoms with Crippen molar-refractivity contribution in [1.82, 2.24) is 14.9 Å². The van der Waals surface area contributed by atoms with Gasteiger partial charge in [-0.25, -0.2) is 9.37 Å². The molecule has 1 saturated heterocycles. The van der Waals surface area contributed by atoms with Gasteiger partial charge in [-0.1, -0.05) is 0 Å². The molecule has 3 rings (SSSR count). The number of hydrogen-bond donors (Lipinski definition) is 1. The number of thioether (sulfide) groups is 1. The minimum atomic E-state index is -0.197. The van der Waals surface area contributed by atoms with Crippen LogP contribution in [-0.2, 0) is 6.42 Å². The molecular formula is C15H20FN3S. The summed E-state index contributed by atoms with van der Waals surface area (Å²) in [6, 6.07) is 5.60. The predicted octanol–water partition coefficient (Wildman–Crippen LogP) is 3.00. The number of nitrogens with one attached hydrogen (secondary N) is 1. The molecule has 1 aliphatic rings. The number of aromatic nitrogens is 2. The number of benzene rings is 1. The van der Waals surface area contributed by atoms with Crippen molar-refractivity contribution in [2.45, 2.75) is 32.4 Å². The average molecular weight is 293 g/mol. The van der Waals surface area contributed by atoms with Gasteiger partial charge in [-0.05, 0) is 32.0 Å². The number of fused-ring (bicyclic) bond motifs is 1. The molecule has 2 aromatic rings. The van der Waals surface area contributed by atoms with Gasteiger partial charge in [0, 0.05) is 36.6 Å². The van der Waals surface area contributed by atoms with Gasteiger partial charge in [0.25, 0.3) is 0 Å². The first-order chi connectivity index (χ1) is 9.65. The third kappa shape index (κ3) is 2.69. The van der Waals surface area contributed by atoms with E-state index in [1.54, 1.807) is 12.1 Å². The third-order valence-corrected chi connectivity index (χ3v) is 4.80. The number of imidazole rings is 1. The Kier molecular flexibility index (Phi) is 3.98. The zero-order chi connectivity index (χ0) is 14.1. The Labute approximate surface area is 123 Å². The average Bonchev–Trinajstić information content (AvgIpc) is 2.77.